The average Bonchev–Trinajstić information content (AvgIpc) is 2.27. The van der Waals surface area contributed by atoms with Crippen LogP contribution in [0.4, 0.5) is 0 Å². The summed E-state index contributed by atoms with van der Waals surface area (Å²) in [5.74, 6) is -0.648. The van der Waals surface area contributed by atoms with Gasteiger partial charge in [0.2, 0.25) is 0 Å². The number of carbonyl (C=O) groups excluding carboxylic acids is 1. The van der Waals surface area contributed by atoms with Gasteiger partial charge in [0, 0.05) is 12.6 Å². The number of nitrogens with one attached hydrogen (secondary N) is 1. The van der Waals surface area contributed by atoms with E-state index >= 15 is 0 Å². The minimum atomic E-state index is -0.462. The summed E-state index contributed by atoms with van der Waals surface area (Å²) in [6.45, 7) is 4.72. The Morgan fingerprint density at radius 2 is 1.79 bits per heavy atom. The quantitative estimate of drug-likeness (QED) is 0.753. The molecule has 1 aromatic carbocycles. The van der Waals surface area contributed by atoms with Crippen molar-refractivity contribution in [3.63, 3.8) is 0 Å². The molecule has 1 amide bonds. The first-order valence-corrected chi connectivity index (χ1v) is 6.29. The van der Waals surface area contributed by atoms with Gasteiger partial charge in [-0.2, -0.15) is 0 Å². The normalized spacial score (nSPS) is 12.7. The number of nitrogens with zero attached hydrogens (tertiary/aromatic N) is 1. The van der Waals surface area contributed by atoms with E-state index in [9.17, 15) is 15.0 Å². The van der Waals surface area contributed by atoms with E-state index in [0.717, 1.165) is 0 Å². The van der Waals surface area contributed by atoms with Crippen molar-refractivity contribution < 1.29 is 15.0 Å². The molecule has 1 rings (SSSR count). The van der Waals surface area contributed by atoms with Gasteiger partial charge in [-0.1, -0.05) is 19.9 Å². The Morgan fingerprint density at radius 1 is 1.26 bits per heavy atom. The second-order valence-corrected chi connectivity index (χ2v) is 5.26. The monoisotopic (exact) mass is 266 g/mol. The number of amides is 1. The fourth-order valence-electron chi connectivity index (χ4n) is 1.82. The van der Waals surface area contributed by atoms with Crippen LogP contribution < -0.4 is 5.32 Å². The summed E-state index contributed by atoms with van der Waals surface area (Å²) in [5, 5.41) is 22.2. The maximum atomic E-state index is 12.1. The highest BCUT2D eigenvalue weighted by atomic mass is 16.3. The number of aromatic hydroxyl groups is 2. The number of phenolic OH excluding ortho intramolecular Hbond substituents is 2. The summed E-state index contributed by atoms with van der Waals surface area (Å²) in [6, 6.07) is 4.19. The Hall–Kier alpha value is -1.75. The molecule has 5 nitrogen and oxygen atoms in total. The second-order valence-electron chi connectivity index (χ2n) is 5.26. The number of hydrogen-bond donors (Lipinski definition) is 3. The van der Waals surface area contributed by atoms with Gasteiger partial charge >= 0.3 is 0 Å². The Balaban J connectivity index is 2.88. The lowest BCUT2D eigenvalue weighted by atomic mass is 10.0. The van der Waals surface area contributed by atoms with Crippen LogP contribution in [-0.4, -0.2) is 47.7 Å². The molecule has 19 heavy (non-hydrogen) atoms. The van der Waals surface area contributed by atoms with Crippen molar-refractivity contribution in [3.8, 4) is 11.5 Å². The molecule has 0 aliphatic carbocycles. The van der Waals surface area contributed by atoms with E-state index < -0.39 is 5.91 Å². The number of phenols is 2. The Bertz CT molecular complexity index is 424. The van der Waals surface area contributed by atoms with Crippen molar-refractivity contribution in [2.75, 3.05) is 20.6 Å². The molecule has 0 saturated heterocycles. The van der Waals surface area contributed by atoms with E-state index in [2.05, 4.69) is 5.32 Å². The molecule has 1 aromatic rings. The van der Waals surface area contributed by atoms with Crippen molar-refractivity contribution in [1.82, 2.24) is 10.2 Å². The minimum Gasteiger partial charge on any atom is -0.507 e. The van der Waals surface area contributed by atoms with Crippen LogP contribution in [-0.2, 0) is 0 Å². The van der Waals surface area contributed by atoms with Gasteiger partial charge in [0.1, 0.15) is 17.1 Å². The van der Waals surface area contributed by atoms with E-state index in [4.69, 9.17) is 0 Å². The van der Waals surface area contributed by atoms with Crippen molar-refractivity contribution in [1.29, 1.82) is 0 Å². The van der Waals surface area contributed by atoms with Gasteiger partial charge < -0.3 is 20.4 Å². The molecule has 0 bridgehead atoms. The number of hydrogen-bond acceptors (Lipinski definition) is 4. The summed E-state index contributed by atoms with van der Waals surface area (Å²) in [6.07, 6.45) is 0. The number of benzene rings is 1. The second kappa shape index (κ2) is 6.43. The zero-order valence-electron chi connectivity index (χ0n) is 11.8. The molecule has 106 valence electrons. The van der Waals surface area contributed by atoms with Crippen molar-refractivity contribution in [3.05, 3.63) is 23.8 Å². The summed E-state index contributed by atoms with van der Waals surface area (Å²) in [7, 11) is 3.86. The molecule has 1 atom stereocenters. The lowest BCUT2D eigenvalue weighted by Gasteiger charge is -2.25. The molecular formula is C14H22N2O3. The highest BCUT2D eigenvalue weighted by Crippen LogP contribution is 2.26. The molecule has 0 aromatic heterocycles. The summed E-state index contributed by atoms with van der Waals surface area (Å²) in [5.41, 5.74) is -0.0769. The third-order valence-corrected chi connectivity index (χ3v) is 2.93. The van der Waals surface area contributed by atoms with Gasteiger partial charge in [-0.15, -0.1) is 0 Å². The van der Waals surface area contributed by atoms with Crippen LogP contribution in [0.1, 0.15) is 24.2 Å². The van der Waals surface area contributed by atoms with Gasteiger partial charge in [0.15, 0.2) is 0 Å². The first-order chi connectivity index (χ1) is 8.82. The summed E-state index contributed by atoms with van der Waals surface area (Å²) in [4.78, 5) is 14.1. The lowest BCUT2D eigenvalue weighted by molar-refractivity contribution is 0.0911. The highest BCUT2D eigenvalue weighted by molar-refractivity contribution is 5.99. The van der Waals surface area contributed by atoms with Gasteiger partial charge in [0.25, 0.3) is 5.91 Å². The number of carbonyl (C=O) groups is 1. The Morgan fingerprint density at radius 3 is 2.21 bits per heavy atom. The standard InChI is InChI=1S/C14H22N2O3/c1-9(2)10(8-16(3)4)15-14(19)13-11(17)6-5-7-12(13)18/h5-7,9-10,17-18H,8H2,1-4H3,(H,15,19). The van der Waals surface area contributed by atoms with E-state index in [1.54, 1.807) is 0 Å². The van der Waals surface area contributed by atoms with Gasteiger partial charge in [0.05, 0.1) is 0 Å². The SMILES string of the molecule is CC(C)C(CN(C)C)NC(=O)c1c(O)cccc1O. The predicted octanol–water partition coefficient (Wildman–Crippen LogP) is 1.41. The molecule has 1 unspecified atom stereocenters. The molecule has 0 saturated carbocycles. The molecule has 0 heterocycles. The van der Waals surface area contributed by atoms with E-state index in [-0.39, 0.29) is 29.0 Å². The highest BCUT2D eigenvalue weighted by Gasteiger charge is 2.21. The molecule has 0 aliphatic rings. The van der Waals surface area contributed by atoms with Gasteiger partial charge in [-0.25, -0.2) is 0 Å². The Labute approximate surface area is 113 Å². The fourth-order valence-corrected chi connectivity index (χ4v) is 1.82. The first kappa shape index (κ1) is 15.3. The van der Waals surface area contributed by atoms with Crippen LogP contribution >= 0.6 is 0 Å². The number of rotatable bonds is 5. The van der Waals surface area contributed by atoms with Crippen LogP contribution in [0.15, 0.2) is 18.2 Å². The van der Waals surface area contributed by atoms with Crippen LogP contribution in [0.25, 0.3) is 0 Å². The molecule has 0 fully saturated rings. The lowest BCUT2D eigenvalue weighted by Crippen LogP contribution is -2.45. The van der Waals surface area contributed by atoms with E-state index in [1.165, 1.54) is 18.2 Å². The molecule has 0 spiro atoms. The average molecular weight is 266 g/mol. The minimum absolute atomic E-state index is 0.0542. The molecule has 5 heteroatoms. The largest absolute Gasteiger partial charge is 0.507 e. The first-order valence-electron chi connectivity index (χ1n) is 6.29. The fraction of sp³-hybridized carbons (Fsp3) is 0.500. The molecule has 0 aliphatic heterocycles. The Kier molecular flexibility index (Phi) is 5.18. The zero-order valence-corrected chi connectivity index (χ0v) is 11.8. The molecule has 3 N–H and O–H groups in total. The van der Waals surface area contributed by atoms with Crippen LogP contribution in [0.5, 0.6) is 11.5 Å². The predicted molar refractivity (Wildman–Crippen MR) is 74.4 cm³/mol. The van der Waals surface area contributed by atoms with Gasteiger partial charge in [-0.05, 0) is 32.1 Å². The third-order valence-electron chi connectivity index (χ3n) is 2.93. The number of likely N-dealkylation sites (N-methyl/N-ethyl adjacent to an activating group) is 1. The summed E-state index contributed by atoms with van der Waals surface area (Å²) < 4.78 is 0. The maximum absolute atomic E-state index is 12.1. The molecule has 0 radical (unpaired) electrons. The topological polar surface area (TPSA) is 72.8 Å². The van der Waals surface area contributed by atoms with Gasteiger partial charge in [-0.3, -0.25) is 4.79 Å². The van der Waals surface area contributed by atoms with Crippen LogP contribution in [0.2, 0.25) is 0 Å². The third kappa shape index (κ3) is 4.13. The maximum Gasteiger partial charge on any atom is 0.259 e. The van der Waals surface area contributed by atoms with E-state index in [0.29, 0.717) is 6.54 Å². The van der Waals surface area contributed by atoms with Crippen LogP contribution in [0, 0.1) is 5.92 Å². The van der Waals surface area contributed by atoms with E-state index in [1.807, 2.05) is 32.8 Å². The van der Waals surface area contributed by atoms with Crippen molar-refractivity contribution in [2.45, 2.75) is 19.9 Å². The van der Waals surface area contributed by atoms with Crippen LogP contribution in [0.3, 0.4) is 0 Å². The summed E-state index contributed by atoms with van der Waals surface area (Å²) >= 11 is 0. The zero-order chi connectivity index (χ0) is 14.6. The smallest absolute Gasteiger partial charge is 0.259 e. The molecular weight excluding hydrogens is 244 g/mol. The van der Waals surface area contributed by atoms with Crippen molar-refractivity contribution >= 4 is 5.91 Å². The van der Waals surface area contributed by atoms with Crippen molar-refractivity contribution in [2.24, 2.45) is 5.92 Å².